The molecule has 0 saturated carbocycles. The summed E-state index contributed by atoms with van der Waals surface area (Å²) < 4.78 is 0. The molecule has 7 nitrogen and oxygen atoms in total. The summed E-state index contributed by atoms with van der Waals surface area (Å²) in [6, 6.07) is 16.6. The Morgan fingerprint density at radius 2 is 1.87 bits per heavy atom. The monoisotopic (exact) mass is 420 g/mol. The molecule has 3 amide bonds. The average molecular weight is 421 g/mol. The van der Waals surface area contributed by atoms with Gasteiger partial charge in [0.15, 0.2) is 0 Å². The highest BCUT2D eigenvalue weighted by atomic mass is 16.2. The first-order valence-corrected chi connectivity index (χ1v) is 10.4. The van der Waals surface area contributed by atoms with Gasteiger partial charge in [0.1, 0.15) is 5.84 Å². The van der Waals surface area contributed by atoms with Crippen molar-refractivity contribution in [2.24, 2.45) is 11.7 Å². The zero-order valence-electron chi connectivity index (χ0n) is 17.9. The number of nitrogen functional groups attached to an aromatic ring is 1. The molecule has 0 radical (unpaired) electrons. The fraction of sp³-hybridized carbons (Fsp3) is 0.333. The molecule has 7 heteroatoms. The summed E-state index contributed by atoms with van der Waals surface area (Å²) in [5.41, 5.74) is 7.88. The van der Waals surface area contributed by atoms with Gasteiger partial charge in [-0.15, -0.1) is 0 Å². The molecule has 1 fully saturated rings. The third-order valence-corrected chi connectivity index (χ3v) is 5.31. The van der Waals surface area contributed by atoms with E-state index in [9.17, 15) is 14.4 Å². The highest BCUT2D eigenvalue weighted by Crippen LogP contribution is 2.28. The van der Waals surface area contributed by atoms with Gasteiger partial charge in [0.25, 0.3) is 0 Å². The molecular weight excluding hydrogens is 392 g/mol. The number of benzene rings is 2. The molecule has 3 N–H and O–H groups in total. The second kappa shape index (κ2) is 9.55. The minimum atomic E-state index is -0.785. The standard InChI is InChI=1S/C24H28N4O3/c1-16(2)13-27(14-17-7-6-10-19(11-17)22(25)26)23(30)24(31)28-15-20(12-21(28)29)18-8-4-3-5-9-18/h3-11,16,20H,12-15H2,1-2H3,(H3,25,26). The van der Waals surface area contributed by atoms with Crippen molar-refractivity contribution in [3.05, 3.63) is 71.3 Å². The van der Waals surface area contributed by atoms with Crippen molar-refractivity contribution < 1.29 is 14.4 Å². The first-order valence-electron chi connectivity index (χ1n) is 10.4. The van der Waals surface area contributed by atoms with Crippen LogP contribution in [0.2, 0.25) is 0 Å². The van der Waals surface area contributed by atoms with Crippen LogP contribution in [0, 0.1) is 11.3 Å². The Kier molecular flexibility index (Phi) is 6.84. The van der Waals surface area contributed by atoms with Crippen molar-refractivity contribution in [3.63, 3.8) is 0 Å². The lowest BCUT2D eigenvalue weighted by atomic mass is 9.99. The Labute approximate surface area is 182 Å². The van der Waals surface area contributed by atoms with Crippen LogP contribution in [0.15, 0.2) is 54.6 Å². The maximum absolute atomic E-state index is 13.1. The van der Waals surface area contributed by atoms with E-state index < -0.39 is 11.8 Å². The minimum absolute atomic E-state index is 0.0609. The third kappa shape index (κ3) is 5.36. The van der Waals surface area contributed by atoms with Gasteiger partial charge in [0.2, 0.25) is 5.91 Å². The van der Waals surface area contributed by atoms with Gasteiger partial charge in [0, 0.05) is 37.5 Å². The highest BCUT2D eigenvalue weighted by Gasteiger charge is 2.38. The Hall–Kier alpha value is -3.48. The van der Waals surface area contributed by atoms with E-state index in [2.05, 4.69) is 0 Å². The van der Waals surface area contributed by atoms with Crippen LogP contribution in [-0.2, 0) is 20.9 Å². The van der Waals surface area contributed by atoms with Crippen molar-refractivity contribution in [2.45, 2.75) is 32.7 Å². The lowest BCUT2D eigenvalue weighted by molar-refractivity contribution is -0.155. The van der Waals surface area contributed by atoms with E-state index in [1.165, 1.54) is 4.90 Å². The summed E-state index contributed by atoms with van der Waals surface area (Å²) in [6.07, 6.45) is 0.216. The van der Waals surface area contributed by atoms with Crippen molar-refractivity contribution >= 4 is 23.6 Å². The molecular formula is C24H28N4O3. The number of carbonyl (C=O) groups is 3. The Morgan fingerprint density at radius 1 is 1.16 bits per heavy atom. The van der Waals surface area contributed by atoms with E-state index in [4.69, 9.17) is 11.1 Å². The van der Waals surface area contributed by atoms with Gasteiger partial charge in [-0.2, -0.15) is 0 Å². The summed E-state index contributed by atoms with van der Waals surface area (Å²) >= 11 is 0. The minimum Gasteiger partial charge on any atom is -0.384 e. The Morgan fingerprint density at radius 3 is 2.52 bits per heavy atom. The van der Waals surface area contributed by atoms with Crippen LogP contribution < -0.4 is 5.73 Å². The Balaban J connectivity index is 1.76. The van der Waals surface area contributed by atoms with Crippen molar-refractivity contribution in [3.8, 4) is 0 Å². The van der Waals surface area contributed by atoms with Crippen LogP contribution in [0.3, 0.4) is 0 Å². The molecule has 2 aromatic carbocycles. The topological polar surface area (TPSA) is 108 Å². The van der Waals surface area contributed by atoms with E-state index in [1.807, 2.05) is 50.2 Å². The van der Waals surface area contributed by atoms with Crippen LogP contribution in [0.25, 0.3) is 0 Å². The van der Waals surface area contributed by atoms with Gasteiger partial charge < -0.3 is 10.6 Å². The molecule has 0 aromatic heterocycles. The van der Waals surface area contributed by atoms with Crippen LogP contribution in [-0.4, -0.2) is 46.4 Å². The molecule has 1 aliphatic rings. The second-order valence-corrected chi connectivity index (χ2v) is 8.31. The molecule has 162 valence electrons. The second-order valence-electron chi connectivity index (χ2n) is 8.31. The number of imide groups is 1. The lowest BCUT2D eigenvalue weighted by Crippen LogP contribution is -2.46. The number of carbonyl (C=O) groups excluding carboxylic acids is 3. The van der Waals surface area contributed by atoms with Gasteiger partial charge in [-0.1, -0.05) is 62.4 Å². The number of nitrogens with zero attached hydrogens (tertiary/aromatic N) is 2. The van der Waals surface area contributed by atoms with E-state index in [0.29, 0.717) is 12.1 Å². The van der Waals surface area contributed by atoms with Crippen LogP contribution in [0.5, 0.6) is 0 Å². The van der Waals surface area contributed by atoms with Gasteiger partial charge in [-0.25, -0.2) is 0 Å². The summed E-state index contributed by atoms with van der Waals surface area (Å²) in [5.74, 6) is -1.82. The SMILES string of the molecule is CC(C)CN(Cc1cccc(C(=N)N)c1)C(=O)C(=O)N1CC(c2ccccc2)CC1=O. The predicted molar refractivity (Wildman–Crippen MR) is 118 cm³/mol. The highest BCUT2D eigenvalue weighted by molar-refractivity contribution is 6.37. The zero-order valence-corrected chi connectivity index (χ0v) is 17.9. The fourth-order valence-electron chi connectivity index (χ4n) is 3.82. The number of hydrogen-bond acceptors (Lipinski definition) is 4. The zero-order chi connectivity index (χ0) is 22.5. The smallest absolute Gasteiger partial charge is 0.318 e. The molecule has 1 aliphatic heterocycles. The number of likely N-dealkylation sites (tertiary alicyclic amines) is 1. The quantitative estimate of drug-likeness (QED) is 0.425. The van der Waals surface area contributed by atoms with E-state index >= 15 is 0 Å². The number of amides is 3. The Bertz CT molecular complexity index is 987. The maximum atomic E-state index is 13.1. The van der Waals surface area contributed by atoms with Crippen LogP contribution >= 0.6 is 0 Å². The number of hydrogen-bond donors (Lipinski definition) is 2. The molecule has 3 rings (SSSR count). The molecule has 0 spiro atoms. The van der Waals surface area contributed by atoms with Gasteiger partial charge in [-0.3, -0.25) is 24.7 Å². The average Bonchev–Trinajstić information content (AvgIpc) is 3.14. The van der Waals surface area contributed by atoms with E-state index in [0.717, 1.165) is 16.0 Å². The van der Waals surface area contributed by atoms with Gasteiger partial charge in [0.05, 0.1) is 0 Å². The van der Waals surface area contributed by atoms with Crippen LogP contribution in [0.1, 0.15) is 42.9 Å². The lowest BCUT2D eigenvalue weighted by Gasteiger charge is -2.26. The first kappa shape index (κ1) is 22.2. The number of nitrogens with one attached hydrogen (secondary N) is 1. The summed E-state index contributed by atoms with van der Waals surface area (Å²) in [5, 5.41) is 7.60. The third-order valence-electron chi connectivity index (χ3n) is 5.31. The number of rotatable bonds is 6. The molecule has 2 aromatic rings. The number of amidine groups is 1. The molecule has 31 heavy (non-hydrogen) atoms. The molecule has 1 heterocycles. The first-order chi connectivity index (χ1) is 14.8. The molecule has 1 unspecified atom stereocenters. The fourth-order valence-corrected chi connectivity index (χ4v) is 3.82. The molecule has 0 aliphatic carbocycles. The van der Waals surface area contributed by atoms with Crippen LogP contribution in [0.4, 0.5) is 0 Å². The molecule has 1 saturated heterocycles. The molecule has 0 bridgehead atoms. The largest absolute Gasteiger partial charge is 0.384 e. The van der Waals surface area contributed by atoms with Gasteiger partial charge in [-0.05, 0) is 23.1 Å². The van der Waals surface area contributed by atoms with E-state index in [1.54, 1.807) is 18.2 Å². The molecule has 1 atom stereocenters. The van der Waals surface area contributed by atoms with Gasteiger partial charge >= 0.3 is 11.8 Å². The predicted octanol–water partition coefficient (Wildman–Crippen LogP) is 2.50. The summed E-state index contributed by atoms with van der Waals surface area (Å²) in [4.78, 5) is 41.1. The van der Waals surface area contributed by atoms with Crippen molar-refractivity contribution in [1.29, 1.82) is 5.41 Å². The van der Waals surface area contributed by atoms with E-state index in [-0.39, 0.29) is 43.1 Å². The summed E-state index contributed by atoms with van der Waals surface area (Å²) in [6.45, 7) is 4.71. The number of nitrogens with two attached hydrogens (primary N) is 1. The van der Waals surface area contributed by atoms with Crippen molar-refractivity contribution in [2.75, 3.05) is 13.1 Å². The van der Waals surface area contributed by atoms with Crippen molar-refractivity contribution in [1.82, 2.24) is 9.80 Å². The normalized spacial score (nSPS) is 15.9. The maximum Gasteiger partial charge on any atom is 0.318 e. The summed E-state index contributed by atoms with van der Waals surface area (Å²) in [7, 11) is 0.